The number of thiazole rings is 1. The number of amides is 2. The predicted molar refractivity (Wildman–Crippen MR) is 96.9 cm³/mol. The van der Waals surface area contributed by atoms with Gasteiger partial charge in [0.05, 0.1) is 21.6 Å². The molecular weight excluding hydrogens is 371 g/mol. The highest BCUT2D eigenvalue weighted by Crippen LogP contribution is 2.24. The number of hydrogen-bond acceptors (Lipinski definition) is 5. The fourth-order valence-corrected chi connectivity index (χ4v) is 2.99. The lowest BCUT2D eigenvalue weighted by atomic mass is 10.3. The Kier molecular flexibility index (Phi) is 6.56. The van der Waals surface area contributed by atoms with E-state index in [1.807, 2.05) is 0 Å². The summed E-state index contributed by atoms with van der Waals surface area (Å²) in [5.41, 5.74) is 6.29. The van der Waals surface area contributed by atoms with E-state index < -0.39 is 0 Å². The fourth-order valence-electron chi connectivity index (χ4n) is 1.90. The maximum absolute atomic E-state index is 12.3. The Labute approximate surface area is 153 Å². The lowest BCUT2D eigenvalue weighted by Gasteiger charge is -2.15. The van der Waals surface area contributed by atoms with Crippen molar-refractivity contribution in [1.29, 1.82) is 0 Å². The molecule has 0 aliphatic rings. The highest BCUT2D eigenvalue weighted by molar-refractivity contribution is 7.09. The molecule has 0 aliphatic heterocycles. The minimum absolute atomic E-state index is 0.108. The third-order valence-electron chi connectivity index (χ3n) is 3.06. The van der Waals surface area contributed by atoms with Gasteiger partial charge in [0.25, 0.3) is 5.91 Å². The first kappa shape index (κ1) is 18.7. The van der Waals surface area contributed by atoms with Gasteiger partial charge in [-0.2, -0.15) is 0 Å². The molecule has 0 bridgehead atoms. The molecular formula is C15H16Cl2N4O2S. The summed E-state index contributed by atoms with van der Waals surface area (Å²) in [6, 6.07) is 4.76. The molecule has 2 aromatic rings. The van der Waals surface area contributed by atoms with Crippen LogP contribution in [0.15, 0.2) is 23.6 Å². The van der Waals surface area contributed by atoms with Crippen LogP contribution in [0.1, 0.15) is 15.5 Å². The van der Waals surface area contributed by atoms with Crippen LogP contribution in [0.3, 0.4) is 0 Å². The van der Waals surface area contributed by atoms with Crippen molar-refractivity contribution in [2.75, 3.05) is 25.5 Å². The molecule has 24 heavy (non-hydrogen) atoms. The average Bonchev–Trinajstić information content (AvgIpc) is 2.99. The van der Waals surface area contributed by atoms with Gasteiger partial charge in [-0.25, -0.2) is 4.98 Å². The Morgan fingerprint density at radius 2 is 2.08 bits per heavy atom. The van der Waals surface area contributed by atoms with Crippen molar-refractivity contribution in [3.63, 3.8) is 0 Å². The van der Waals surface area contributed by atoms with Crippen LogP contribution < -0.4 is 11.1 Å². The predicted octanol–water partition coefficient (Wildman–Crippen LogP) is 2.66. The van der Waals surface area contributed by atoms with Crippen LogP contribution in [0.2, 0.25) is 10.0 Å². The molecule has 0 radical (unpaired) electrons. The van der Waals surface area contributed by atoms with Crippen molar-refractivity contribution in [3.8, 4) is 0 Å². The molecule has 0 saturated heterocycles. The molecule has 6 nitrogen and oxygen atoms in total. The monoisotopic (exact) mass is 386 g/mol. The largest absolute Gasteiger partial charge is 0.331 e. The van der Waals surface area contributed by atoms with Crippen LogP contribution in [-0.2, 0) is 11.2 Å². The van der Waals surface area contributed by atoms with Gasteiger partial charge in [-0.3, -0.25) is 9.59 Å². The molecule has 1 aromatic carbocycles. The highest BCUT2D eigenvalue weighted by Gasteiger charge is 2.18. The van der Waals surface area contributed by atoms with E-state index in [-0.39, 0.29) is 18.4 Å². The van der Waals surface area contributed by atoms with Crippen molar-refractivity contribution in [2.24, 2.45) is 5.73 Å². The van der Waals surface area contributed by atoms with E-state index >= 15 is 0 Å². The van der Waals surface area contributed by atoms with Crippen LogP contribution in [0.4, 0.5) is 5.69 Å². The summed E-state index contributed by atoms with van der Waals surface area (Å²) in [7, 11) is 1.54. The Morgan fingerprint density at radius 1 is 1.33 bits per heavy atom. The lowest BCUT2D eigenvalue weighted by molar-refractivity contribution is -0.116. The van der Waals surface area contributed by atoms with Gasteiger partial charge < -0.3 is 16.0 Å². The second kappa shape index (κ2) is 8.43. The van der Waals surface area contributed by atoms with Crippen molar-refractivity contribution in [2.45, 2.75) is 6.42 Å². The van der Waals surface area contributed by atoms with Crippen LogP contribution >= 0.6 is 34.5 Å². The molecule has 0 atom stereocenters. The molecule has 3 N–H and O–H groups in total. The third kappa shape index (κ3) is 4.91. The molecule has 0 saturated carbocycles. The van der Waals surface area contributed by atoms with Crippen LogP contribution in [0.5, 0.6) is 0 Å². The zero-order chi connectivity index (χ0) is 17.7. The number of benzene rings is 1. The van der Waals surface area contributed by atoms with Gasteiger partial charge in [-0.15, -0.1) is 11.3 Å². The van der Waals surface area contributed by atoms with Crippen LogP contribution in [-0.4, -0.2) is 41.8 Å². The number of nitrogens with one attached hydrogen (secondary N) is 1. The summed E-state index contributed by atoms with van der Waals surface area (Å²) in [6.45, 7) is 0.367. The van der Waals surface area contributed by atoms with Gasteiger partial charge in [0.2, 0.25) is 5.91 Å². The molecule has 0 fully saturated rings. The Morgan fingerprint density at radius 3 is 2.75 bits per heavy atom. The summed E-state index contributed by atoms with van der Waals surface area (Å²) in [5.74, 6) is -0.666. The van der Waals surface area contributed by atoms with E-state index in [9.17, 15) is 9.59 Å². The summed E-state index contributed by atoms with van der Waals surface area (Å²) in [4.78, 5) is 29.8. The van der Waals surface area contributed by atoms with Crippen LogP contribution in [0, 0.1) is 0 Å². The molecule has 2 amide bonds. The smallest absolute Gasteiger partial charge is 0.273 e. The van der Waals surface area contributed by atoms with E-state index in [0.717, 1.165) is 5.01 Å². The van der Waals surface area contributed by atoms with Gasteiger partial charge in [0, 0.05) is 24.5 Å². The van der Waals surface area contributed by atoms with Crippen molar-refractivity contribution in [3.05, 3.63) is 44.3 Å². The fraction of sp³-hybridized carbons (Fsp3) is 0.267. The number of likely N-dealkylation sites (N-methyl/N-ethyl adjacent to an activating group) is 1. The van der Waals surface area contributed by atoms with Gasteiger partial charge in [-0.1, -0.05) is 23.2 Å². The van der Waals surface area contributed by atoms with Crippen LogP contribution in [0.25, 0.3) is 0 Å². The van der Waals surface area contributed by atoms with Crippen molar-refractivity contribution < 1.29 is 9.59 Å². The van der Waals surface area contributed by atoms with Gasteiger partial charge in [-0.05, 0) is 24.7 Å². The molecule has 128 valence electrons. The maximum atomic E-state index is 12.3. The van der Waals surface area contributed by atoms with Crippen molar-refractivity contribution >= 4 is 52.0 Å². The number of aromatic nitrogens is 1. The van der Waals surface area contributed by atoms with E-state index in [1.165, 1.54) is 16.2 Å². The SMILES string of the molecule is CN(CC(=O)Nc1ccc(Cl)c(Cl)c1)C(=O)c1csc(CCN)n1. The lowest BCUT2D eigenvalue weighted by Crippen LogP contribution is -2.35. The van der Waals surface area contributed by atoms with E-state index in [1.54, 1.807) is 30.6 Å². The standard InChI is InChI=1S/C15H16Cl2N4O2S/c1-21(15(23)12-8-24-14(20-12)4-5-18)7-13(22)19-9-2-3-10(16)11(17)6-9/h2-3,6,8H,4-5,7,18H2,1H3,(H,19,22). The number of nitrogens with two attached hydrogens (primary N) is 1. The van der Waals surface area contributed by atoms with Gasteiger partial charge in [0.15, 0.2) is 0 Å². The quantitative estimate of drug-likeness (QED) is 0.798. The first-order valence-corrected chi connectivity index (χ1v) is 8.69. The van der Waals surface area contributed by atoms with Gasteiger partial charge in [0.1, 0.15) is 5.69 Å². The Balaban J connectivity index is 1.94. The molecule has 1 heterocycles. The van der Waals surface area contributed by atoms with Gasteiger partial charge >= 0.3 is 0 Å². The zero-order valence-electron chi connectivity index (χ0n) is 12.9. The van der Waals surface area contributed by atoms with Crippen molar-refractivity contribution in [1.82, 2.24) is 9.88 Å². The number of rotatable bonds is 6. The normalized spacial score (nSPS) is 10.5. The number of halogens is 2. The topological polar surface area (TPSA) is 88.3 Å². The number of carbonyl (C=O) groups is 2. The minimum Gasteiger partial charge on any atom is -0.331 e. The van der Waals surface area contributed by atoms with E-state index in [4.69, 9.17) is 28.9 Å². The molecule has 1 aromatic heterocycles. The first-order chi connectivity index (χ1) is 11.4. The zero-order valence-corrected chi connectivity index (χ0v) is 15.2. The van der Waals surface area contributed by atoms with E-state index in [0.29, 0.717) is 34.4 Å². The summed E-state index contributed by atoms with van der Waals surface area (Å²) < 4.78 is 0. The molecule has 0 unspecified atom stereocenters. The molecule has 0 spiro atoms. The summed E-state index contributed by atoms with van der Waals surface area (Å²) in [6.07, 6.45) is 0.624. The summed E-state index contributed by atoms with van der Waals surface area (Å²) >= 11 is 13.1. The number of carbonyl (C=O) groups excluding carboxylic acids is 2. The number of hydrogen-bond donors (Lipinski definition) is 2. The summed E-state index contributed by atoms with van der Waals surface area (Å²) in [5, 5.41) is 5.87. The highest BCUT2D eigenvalue weighted by atomic mass is 35.5. The second-order valence-electron chi connectivity index (χ2n) is 5.00. The molecule has 9 heteroatoms. The number of nitrogens with zero attached hydrogens (tertiary/aromatic N) is 2. The third-order valence-corrected chi connectivity index (χ3v) is 4.71. The number of anilines is 1. The Bertz CT molecular complexity index is 751. The molecule has 2 rings (SSSR count). The van der Waals surface area contributed by atoms with E-state index in [2.05, 4.69) is 10.3 Å². The Hall–Kier alpha value is -1.67. The maximum Gasteiger partial charge on any atom is 0.273 e. The first-order valence-electron chi connectivity index (χ1n) is 7.05. The second-order valence-corrected chi connectivity index (χ2v) is 6.76. The average molecular weight is 387 g/mol. The minimum atomic E-state index is -0.346. The molecule has 0 aliphatic carbocycles.